The molecular weight excluding hydrogens is 398 g/mol. The van der Waals surface area contributed by atoms with E-state index in [0.717, 1.165) is 22.3 Å². The number of alkyl carbamates (subject to hydrolysis) is 1. The largest absolute Gasteiger partial charge is 0.548 e. The minimum absolute atomic E-state index is 0.0612. The Balaban J connectivity index is 1.59. The second-order valence-electron chi connectivity index (χ2n) is 8.47. The molecule has 31 heavy (non-hydrogen) atoms. The number of hydrogen-bond donors (Lipinski definition) is 1. The van der Waals surface area contributed by atoms with E-state index in [0.29, 0.717) is 0 Å². The molecule has 0 saturated carbocycles. The smallest absolute Gasteiger partial charge is 0.407 e. The van der Waals surface area contributed by atoms with Crippen LogP contribution in [0.2, 0.25) is 0 Å². The summed E-state index contributed by atoms with van der Waals surface area (Å²) in [7, 11) is 0. The maximum absolute atomic E-state index is 12.3. The Bertz CT molecular complexity index is 933. The molecule has 1 aliphatic rings. The number of carboxylic acids is 1. The summed E-state index contributed by atoms with van der Waals surface area (Å²) < 4.78 is 10.5. The molecule has 1 N–H and O–H groups in total. The van der Waals surface area contributed by atoms with Gasteiger partial charge in [-0.2, -0.15) is 0 Å². The molecule has 2 aromatic rings. The highest BCUT2D eigenvalue weighted by atomic mass is 16.6. The summed E-state index contributed by atoms with van der Waals surface area (Å²) >= 11 is 0. The molecule has 2 aromatic carbocycles. The van der Waals surface area contributed by atoms with Gasteiger partial charge in [-0.3, -0.25) is 4.79 Å². The number of rotatable bonds is 7. The van der Waals surface area contributed by atoms with Gasteiger partial charge >= 0.3 is 12.1 Å². The van der Waals surface area contributed by atoms with Gasteiger partial charge in [0.25, 0.3) is 0 Å². The molecule has 0 aromatic heterocycles. The monoisotopic (exact) mass is 424 g/mol. The number of amides is 1. The Hall–Kier alpha value is -3.35. The molecule has 7 heteroatoms. The molecule has 0 bridgehead atoms. The first-order valence-electron chi connectivity index (χ1n) is 10.2. The zero-order chi connectivity index (χ0) is 22.6. The van der Waals surface area contributed by atoms with E-state index in [1.165, 1.54) is 0 Å². The summed E-state index contributed by atoms with van der Waals surface area (Å²) in [4.78, 5) is 35.5. The molecule has 0 saturated heterocycles. The summed E-state index contributed by atoms with van der Waals surface area (Å²) in [5.74, 6) is -2.17. The molecular formula is C24H26NO6-. The number of benzene rings is 2. The minimum atomic E-state index is -1.49. The Morgan fingerprint density at radius 3 is 2.06 bits per heavy atom. The standard InChI is InChI=1S/C24H27NO6/c1-24(2,3)31-21(26)13-12-20(22(27)28)25-23(29)30-14-19-17-10-6-4-8-15(17)16-9-5-7-11-18(16)19/h4-11,19-20H,12-14H2,1-3H3,(H,25,29)(H,27,28)/p-1/t20-/m1/s1. The van der Waals surface area contributed by atoms with Crippen LogP contribution in [0.25, 0.3) is 11.1 Å². The van der Waals surface area contributed by atoms with E-state index in [4.69, 9.17) is 9.47 Å². The van der Waals surface area contributed by atoms with Crippen molar-refractivity contribution in [3.05, 3.63) is 59.7 Å². The van der Waals surface area contributed by atoms with Crippen LogP contribution >= 0.6 is 0 Å². The van der Waals surface area contributed by atoms with Gasteiger partial charge in [-0.15, -0.1) is 0 Å². The van der Waals surface area contributed by atoms with Crippen molar-refractivity contribution in [1.29, 1.82) is 0 Å². The van der Waals surface area contributed by atoms with Gasteiger partial charge in [-0.1, -0.05) is 48.5 Å². The van der Waals surface area contributed by atoms with Crippen LogP contribution in [0.4, 0.5) is 4.79 Å². The van der Waals surface area contributed by atoms with Crippen molar-refractivity contribution in [3.63, 3.8) is 0 Å². The second-order valence-corrected chi connectivity index (χ2v) is 8.47. The van der Waals surface area contributed by atoms with Crippen LogP contribution in [0.1, 0.15) is 50.7 Å². The van der Waals surface area contributed by atoms with E-state index in [2.05, 4.69) is 5.32 Å². The number of carboxylic acid groups (broad SMARTS) is 1. The van der Waals surface area contributed by atoms with E-state index >= 15 is 0 Å². The van der Waals surface area contributed by atoms with Crippen molar-refractivity contribution in [2.75, 3.05) is 6.61 Å². The van der Waals surface area contributed by atoms with Gasteiger partial charge in [0.1, 0.15) is 12.2 Å². The van der Waals surface area contributed by atoms with Crippen LogP contribution in [-0.4, -0.2) is 36.3 Å². The molecule has 1 atom stereocenters. The van der Waals surface area contributed by atoms with Crippen LogP contribution in [0.5, 0.6) is 0 Å². The number of nitrogens with one attached hydrogen (secondary N) is 1. The average Bonchev–Trinajstić information content (AvgIpc) is 3.02. The summed E-state index contributed by atoms with van der Waals surface area (Å²) in [6.07, 6.45) is -1.19. The van der Waals surface area contributed by atoms with Gasteiger partial charge in [0.05, 0.1) is 12.0 Å². The van der Waals surface area contributed by atoms with E-state index < -0.39 is 29.7 Å². The van der Waals surface area contributed by atoms with Gasteiger partial charge in [-0.25, -0.2) is 4.79 Å². The number of ether oxygens (including phenoxy) is 2. The number of fused-ring (bicyclic) bond motifs is 3. The summed E-state index contributed by atoms with van der Waals surface area (Å²) in [6, 6.07) is 14.5. The lowest BCUT2D eigenvalue weighted by Gasteiger charge is -2.22. The van der Waals surface area contributed by atoms with Gasteiger partial charge in [0, 0.05) is 12.3 Å². The lowest BCUT2D eigenvalue weighted by Crippen LogP contribution is -2.48. The first-order chi connectivity index (χ1) is 14.7. The zero-order valence-electron chi connectivity index (χ0n) is 17.8. The Labute approximate surface area is 181 Å². The van der Waals surface area contributed by atoms with Crippen LogP contribution in [-0.2, 0) is 19.1 Å². The maximum Gasteiger partial charge on any atom is 0.407 e. The van der Waals surface area contributed by atoms with Crippen molar-refractivity contribution < 1.29 is 29.0 Å². The quantitative estimate of drug-likeness (QED) is 0.686. The van der Waals surface area contributed by atoms with Gasteiger partial charge < -0.3 is 24.7 Å². The lowest BCUT2D eigenvalue weighted by molar-refractivity contribution is -0.308. The third kappa shape index (κ3) is 5.63. The molecule has 1 amide bonds. The number of carbonyl (C=O) groups is 3. The average molecular weight is 424 g/mol. The summed E-state index contributed by atoms with van der Waals surface area (Å²) in [6.45, 7) is 5.22. The SMILES string of the molecule is CC(C)(C)OC(=O)CC[C@@H](NC(=O)OCC1c2ccccc2-c2ccccc21)C(=O)[O-]. The highest BCUT2D eigenvalue weighted by Crippen LogP contribution is 2.44. The number of aliphatic carboxylic acids is 1. The van der Waals surface area contributed by atoms with Crippen molar-refractivity contribution in [3.8, 4) is 11.1 Å². The Morgan fingerprint density at radius 2 is 1.55 bits per heavy atom. The molecule has 0 aliphatic heterocycles. The van der Waals surface area contributed by atoms with Crippen molar-refractivity contribution in [1.82, 2.24) is 5.32 Å². The number of hydrogen-bond acceptors (Lipinski definition) is 6. The molecule has 1 aliphatic carbocycles. The van der Waals surface area contributed by atoms with Crippen LogP contribution in [0.3, 0.4) is 0 Å². The van der Waals surface area contributed by atoms with E-state index in [9.17, 15) is 19.5 Å². The van der Waals surface area contributed by atoms with Crippen LogP contribution < -0.4 is 10.4 Å². The fourth-order valence-electron chi connectivity index (χ4n) is 3.69. The molecule has 0 fully saturated rings. The lowest BCUT2D eigenvalue weighted by atomic mass is 9.98. The highest BCUT2D eigenvalue weighted by Gasteiger charge is 2.29. The fraction of sp³-hybridized carbons (Fsp3) is 0.375. The second kappa shape index (κ2) is 9.20. The van der Waals surface area contributed by atoms with Gasteiger partial charge in [0.2, 0.25) is 0 Å². The summed E-state index contributed by atoms with van der Waals surface area (Å²) in [5.41, 5.74) is 3.62. The predicted octanol–water partition coefficient (Wildman–Crippen LogP) is 2.77. The number of carbonyl (C=O) groups excluding carboxylic acids is 3. The van der Waals surface area contributed by atoms with Crippen molar-refractivity contribution >= 4 is 18.0 Å². The molecule has 7 nitrogen and oxygen atoms in total. The third-order valence-corrected chi connectivity index (χ3v) is 4.98. The predicted molar refractivity (Wildman–Crippen MR) is 112 cm³/mol. The minimum Gasteiger partial charge on any atom is -0.548 e. The van der Waals surface area contributed by atoms with Gasteiger partial charge in [0.15, 0.2) is 0 Å². The highest BCUT2D eigenvalue weighted by molar-refractivity contribution is 5.81. The number of esters is 1. The van der Waals surface area contributed by atoms with E-state index in [-0.39, 0.29) is 25.4 Å². The van der Waals surface area contributed by atoms with E-state index in [1.807, 2.05) is 48.5 Å². The van der Waals surface area contributed by atoms with Crippen molar-refractivity contribution in [2.24, 2.45) is 0 Å². The molecule has 0 unspecified atom stereocenters. The normalized spacial score (nSPS) is 13.6. The molecule has 164 valence electrons. The zero-order valence-corrected chi connectivity index (χ0v) is 17.8. The molecule has 0 spiro atoms. The van der Waals surface area contributed by atoms with Crippen LogP contribution in [0, 0.1) is 0 Å². The molecule has 0 radical (unpaired) electrons. The first kappa shape index (κ1) is 22.3. The third-order valence-electron chi connectivity index (χ3n) is 4.98. The first-order valence-corrected chi connectivity index (χ1v) is 10.2. The van der Waals surface area contributed by atoms with Crippen molar-refractivity contribution in [2.45, 2.75) is 51.2 Å². The Morgan fingerprint density at radius 1 is 1.00 bits per heavy atom. The van der Waals surface area contributed by atoms with E-state index in [1.54, 1.807) is 20.8 Å². The Kier molecular flexibility index (Phi) is 6.63. The maximum atomic E-state index is 12.3. The summed E-state index contributed by atoms with van der Waals surface area (Å²) in [5, 5.41) is 13.7. The molecule has 0 heterocycles. The fourth-order valence-corrected chi connectivity index (χ4v) is 3.69. The van der Waals surface area contributed by atoms with Gasteiger partial charge in [-0.05, 0) is 49.4 Å². The van der Waals surface area contributed by atoms with Crippen LogP contribution in [0.15, 0.2) is 48.5 Å². The molecule has 3 rings (SSSR count). The topological polar surface area (TPSA) is 105 Å².